The van der Waals surface area contributed by atoms with Gasteiger partial charge in [-0.3, -0.25) is 0 Å². The van der Waals surface area contributed by atoms with Gasteiger partial charge in [-0.1, -0.05) is 62.4 Å². The highest BCUT2D eigenvalue weighted by molar-refractivity contribution is 7.51. The maximum Gasteiger partial charge on any atom is 0.335 e. The molecule has 1 aromatic rings. The molecule has 3 heteroatoms. The highest BCUT2D eigenvalue weighted by atomic mass is 32.1. The molecule has 0 fully saturated rings. The molecule has 0 amide bonds. The van der Waals surface area contributed by atoms with Crippen LogP contribution in [0.4, 0.5) is 0 Å². The molecular formula is C15H18O2S. The van der Waals surface area contributed by atoms with Crippen LogP contribution in [0.25, 0.3) is 5.57 Å². The van der Waals surface area contributed by atoms with E-state index in [-0.39, 0.29) is 0 Å². The van der Waals surface area contributed by atoms with E-state index in [0.29, 0.717) is 5.92 Å². The Labute approximate surface area is 112 Å². The largest absolute Gasteiger partial charge is 0.335 e. The standard InChI is InChI=1S/C15H18.O2S/c1-12-8-10-15(11-9-13(12)2)14-6-4-3-5-7-14;1-3-2/h3-8,10-13H,9H2,1-2H3;/t12-,13+;/m0./s1. The van der Waals surface area contributed by atoms with Crippen LogP contribution in [-0.4, -0.2) is 8.42 Å². The molecule has 96 valence electrons. The van der Waals surface area contributed by atoms with Crippen LogP contribution in [0.3, 0.4) is 0 Å². The number of benzene rings is 1. The second-order valence-corrected chi connectivity index (χ2v) is 4.66. The zero-order valence-corrected chi connectivity index (χ0v) is 11.5. The molecule has 18 heavy (non-hydrogen) atoms. The third-order valence-corrected chi connectivity index (χ3v) is 3.29. The van der Waals surface area contributed by atoms with E-state index in [4.69, 9.17) is 8.42 Å². The fourth-order valence-corrected chi connectivity index (χ4v) is 1.89. The van der Waals surface area contributed by atoms with Gasteiger partial charge in [0, 0.05) is 0 Å². The van der Waals surface area contributed by atoms with Crippen molar-refractivity contribution < 1.29 is 8.42 Å². The van der Waals surface area contributed by atoms with Crippen molar-refractivity contribution >= 4 is 17.1 Å². The van der Waals surface area contributed by atoms with Crippen molar-refractivity contribution in [3.05, 3.63) is 54.1 Å². The lowest BCUT2D eigenvalue weighted by atomic mass is 9.94. The Hall–Kier alpha value is -1.48. The second-order valence-electron chi connectivity index (χ2n) is 4.52. The molecule has 0 heterocycles. The molecule has 0 spiro atoms. The predicted octanol–water partition coefficient (Wildman–Crippen LogP) is 3.63. The fraction of sp³-hybridized carbons (Fsp3) is 0.333. The maximum absolute atomic E-state index is 8.29. The van der Waals surface area contributed by atoms with Gasteiger partial charge in [0.2, 0.25) is 0 Å². The van der Waals surface area contributed by atoms with Crippen LogP contribution >= 0.6 is 0 Å². The van der Waals surface area contributed by atoms with Crippen LogP contribution in [0.2, 0.25) is 0 Å². The van der Waals surface area contributed by atoms with Crippen molar-refractivity contribution in [1.29, 1.82) is 0 Å². The van der Waals surface area contributed by atoms with Crippen LogP contribution in [0, 0.1) is 11.8 Å². The minimum absolute atomic E-state index is 0.683. The summed E-state index contributed by atoms with van der Waals surface area (Å²) >= 11 is -0.750. The van der Waals surface area contributed by atoms with Crippen molar-refractivity contribution in [2.45, 2.75) is 20.3 Å². The zero-order valence-electron chi connectivity index (χ0n) is 10.7. The first-order valence-electron chi connectivity index (χ1n) is 6.04. The van der Waals surface area contributed by atoms with Gasteiger partial charge in [-0.2, -0.15) is 8.42 Å². The van der Waals surface area contributed by atoms with Gasteiger partial charge in [-0.05, 0) is 29.4 Å². The van der Waals surface area contributed by atoms with Crippen molar-refractivity contribution in [2.75, 3.05) is 0 Å². The van der Waals surface area contributed by atoms with Crippen LogP contribution in [-0.2, 0) is 11.6 Å². The summed E-state index contributed by atoms with van der Waals surface area (Å²) in [5.41, 5.74) is 2.70. The lowest BCUT2D eigenvalue weighted by molar-refractivity contribution is 0.468. The van der Waals surface area contributed by atoms with E-state index in [1.165, 1.54) is 17.6 Å². The topological polar surface area (TPSA) is 34.1 Å². The Morgan fingerprint density at radius 1 is 1.11 bits per heavy atom. The molecule has 1 aromatic carbocycles. The number of hydrogen-bond donors (Lipinski definition) is 0. The van der Waals surface area contributed by atoms with Crippen LogP contribution in [0.15, 0.2) is 48.6 Å². The Kier molecular flexibility index (Phi) is 6.29. The van der Waals surface area contributed by atoms with Crippen molar-refractivity contribution in [3.8, 4) is 0 Å². The van der Waals surface area contributed by atoms with Crippen molar-refractivity contribution in [2.24, 2.45) is 11.8 Å². The summed E-state index contributed by atoms with van der Waals surface area (Å²) in [7, 11) is 0. The first kappa shape index (κ1) is 14.6. The van der Waals surface area contributed by atoms with Gasteiger partial charge in [-0.15, -0.1) is 0 Å². The Balaban J connectivity index is 0.000000492. The summed E-state index contributed by atoms with van der Waals surface area (Å²) in [6.45, 7) is 4.61. The first-order valence-corrected chi connectivity index (χ1v) is 6.71. The van der Waals surface area contributed by atoms with Gasteiger partial charge in [0.25, 0.3) is 0 Å². The van der Waals surface area contributed by atoms with E-state index in [2.05, 4.69) is 62.4 Å². The zero-order chi connectivity index (χ0) is 13.4. The molecule has 1 aliphatic carbocycles. The quantitative estimate of drug-likeness (QED) is 0.774. The highest BCUT2D eigenvalue weighted by Gasteiger charge is 2.11. The Morgan fingerprint density at radius 3 is 2.33 bits per heavy atom. The van der Waals surface area contributed by atoms with Gasteiger partial charge in [-0.25, -0.2) is 0 Å². The smallest absolute Gasteiger partial charge is 0.168 e. The van der Waals surface area contributed by atoms with E-state index < -0.39 is 11.6 Å². The van der Waals surface area contributed by atoms with E-state index in [0.717, 1.165) is 5.92 Å². The van der Waals surface area contributed by atoms with Gasteiger partial charge >= 0.3 is 11.6 Å². The van der Waals surface area contributed by atoms with E-state index in [1.54, 1.807) is 0 Å². The normalized spacial score (nSPS) is 22.2. The molecule has 0 saturated heterocycles. The van der Waals surface area contributed by atoms with Gasteiger partial charge < -0.3 is 0 Å². The molecule has 0 saturated carbocycles. The average molecular weight is 262 g/mol. The Bertz CT molecular complexity index is 457. The minimum atomic E-state index is -0.750. The molecule has 0 unspecified atom stereocenters. The predicted molar refractivity (Wildman–Crippen MR) is 75.4 cm³/mol. The molecular weight excluding hydrogens is 244 g/mol. The molecule has 0 N–H and O–H groups in total. The summed E-state index contributed by atoms with van der Waals surface area (Å²) in [5, 5.41) is 0. The van der Waals surface area contributed by atoms with Crippen LogP contribution < -0.4 is 0 Å². The second kappa shape index (κ2) is 7.77. The summed E-state index contributed by atoms with van der Waals surface area (Å²) in [6.07, 6.45) is 8.14. The van der Waals surface area contributed by atoms with Crippen molar-refractivity contribution in [3.63, 3.8) is 0 Å². The molecule has 2 atom stereocenters. The number of rotatable bonds is 1. The summed E-state index contributed by atoms with van der Waals surface area (Å²) in [5.74, 6) is 1.44. The SMILES string of the molecule is C[C@@H]1CC=C(c2ccccc2)C=C[C@@H]1C.O=S=O. The van der Waals surface area contributed by atoms with Gasteiger partial charge in [0.15, 0.2) is 0 Å². The minimum Gasteiger partial charge on any atom is -0.168 e. The average Bonchev–Trinajstić information content (AvgIpc) is 2.55. The number of hydrogen-bond acceptors (Lipinski definition) is 2. The number of allylic oxidation sites excluding steroid dienone is 4. The van der Waals surface area contributed by atoms with E-state index in [1.807, 2.05) is 0 Å². The molecule has 2 nitrogen and oxygen atoms in total. The van der Waals surface area contributed by atoms with Crippen LogP contribution in [0.1, 0.15) is 25.8 Å². The highest BCUT2D eigenvalue weighted by Crippen LogP contribution is 2.26. The molecule has 0 bridgehead atoms. The Morgan fingerprint density at radius 2 is 1.72 bits per heavy atom. The maximum atomic E-state index is 8.29. The summed E-state index contributed by atoms with van der Waals surface area (Å²) in [4.78, 5) is 0. The van der Waals surface area contributed by atoms with E-state index in [9.17, 15) is 0 Å². The summed E-state index contributed by atoms with van der Waals surface area (Å²) < 4.78 is 16.6. The lowest BCUT2D eigenvalue weighted by Gasteiger charge is -2.11. The van der Waals surface area contributed by atoms with E-state index >= 15 is 0 Å². The van der Waals surface area contributed by atoms with Gasteiger partial charge in [0.05, 0.1) is 0 Å². The molecule has 0 aliphatic heterocycles. The third kappa shape index (κ3) is 4.41. The molecule has 0 radical (unpaired) electrons. The molecule has 1 aliphatic rings. The van der Waals surface area contributed by atoms with Gasteiger partial charge in [0.1, 0.15) is 0 Å². The summed E-state index contributed by atoms with van der Waals surface area (Å²) in [6, 6.07) is 10.6. The third-order valence-electron chi connectivity index (χ3n) is 3.29. The lowest BCUT2D eigenvalue weighted by Crippen LogP contribution is -2.01. The first-order chi connectivity index (χ1) is 8.69. The molecule has 2 rings (SSSR count). The molecule has 0 aromatic heterocycles. The fourth-order valence-electron chi connectivity index (χ4n) is 1.89. The van der Waals surface area contributed by atoms with Crippen LogP contribution in [0.5, 0.6) is 0 Å². The monoisotopic (exact) mass is 262 g/mol. The van der Waals surface area contributed by atoms with Crippen molar-refractivity contribution in [1.82, 2.24) is 0 Å².